The third-order valence-electron chi connectivity index (χ3n) is 6.87. The topological polar surface area (TPSA) is 132 Å². The fraction of sp³-hybridized carbons (Fsp3) is 0.423. The molecule has 1 atom stereocenters. The molecule has 1 unspecified atom stereocenters. The fourth-order valence-electron chi connectivity index (χ4n) is 4.61. The van der Waals surface area contributed by atoms with Crippen LogP contribution in [-0.2, 0) is 31.4 Å². The number of aromatic nitrogens is 1. The van der Waals surface area contributed by atoms with Gasteiger partial charge in [-0.3, -0.25) is 4.98 Å². The summed E-state index contributed by atoms with van der Waals surface area (Å²) in [5.74, 6) is -0.0694. The second kappa shape index (κ2) is 11.4. The fourth-order valence-corrected chi connectivity index (χ4v) is 7.25. The van der Waals surface area contributed by atoms with Gasteiger partial charge in [-0.2, -0.15) is 4.31 Å². The minimum atomic E-state index is -3.75. The van der Waals surface area contributed by atoms with Gasteiger partial charge in [0.15, 0.2) is 0 Å². The van der Waals surface area contributed by atoms with Crippen LogP contribution in [0.25, 0.3) is 10.8 Å². The van der Waals surface area contributed by atoms with E-state index in [-0.39, 0.29) is 10.6 Å². The van der Waals surface area contributed by atoms with E-state index in [4.69, 9.17) is 9.88 Å². The molecule has 4 rings (SSSR count). The van der Waals surface area contributed by atoms with E-state index < -0.39 is 25.6 Å². The van der Waals surface area contributed by atoms with Crippen LogP contribution in [0, 0.1) is 0 Å². The molecule has 0 saturated carbocycles. The number of hydrogen-bond acceptors (Lipinski definition) is 7. The van der Waals surface area contributed by atoms with Gasteiger partial charge in [-0.05, 0) is 56.4 Å². The highest BCUT2D eigenvalue weighted by molar-refractivity contribution is 7.89. The average Bonchev–Trinajstić information content (AvgIpc) is 2.85. The molecule has 2 heterocycles. The maximum atomic E-state index is 13.8. The first kappa shape index (κ1) is 27.5. The Morgan fingerprint density at radius 2 is 1.84 bits per heavy atom. The normalized spacial score (nSPS) is 18.5. The number of hydrogen-bond donors (Lipinski definition) is 2. The highest BCUT2D eigenvalue weighted by atomic mass is 32.2. The van der Waals surface area contributed by atoms with Gasteiger partial charge >= 0.3 is 0 Å². The van der Waals surface area contributed by atoms with Crippen molar-refractivity contribution < 1.29 is 21.6 Å². The second-order valence-corrected chi connectivity index (χ2v) is 13.2. The molecule has 0 aliphatic carbocycles. The van der Waals surface area contributed by atoms with Gasteiger partial charge in [0.25, 0.3) is 0 Å². The maximum absolute atomic E-state index is 13.8. The number of pyridine rings is 1. The lowest BCUT2D eigenvalue weighted by molar-refractivity contribution is 0.0311. The van der Waals surface area contributed by atoms with Crippen molar-refractivity contribution in [2.75, 3.05) is 30.8 Å². The van der Waals surface area contributed by atoms with Crippen molar-refractivity contribution in [1.82, 2.24) is 9.29 Å². The molecule has 3 aromatic rings. The van der Waals surface area contributed by atoms with Gasteiger partial charge in [0.1, 0.15) is 0 Å². The number of nitrogens with zero attached hydrogens (tertiary/aromatic N) is 2. The molecule has 0 spiro atoms. The molecule has 0 radical (unpaired) electrons. The number of nitrogens with two attached hydrogens (primary N) is 1. The molecule has 1 fully saturated rings. The summed E-state index contributed by atoms with van der Waals surface area (Å²) in [6, 6.07) is 15.0. The number of primary sulfonamides is 1. The van der Waals surface area contributed by atoms with Crippen molar-refractivity contribution in [3.63, 3.8) is 0 Å². The lowest BCUT2D eigenvalue weighted by atomic mass is 9.87. The van der Waals surface area contributed by atoms with Crippen LogP contribution >= 0.6 is 0 Å². The number of sulfonamides is 2. The number of nitrogens with one attached hydrogen (secondary N) is 1. The van der Waals surface area contributed by atoms with E-state index in [1.54, 1.807) is 34.9 Å². The summed E-state index contributed by atoms with van der Waals surface area (Å²) < 4.78 is 57.2. The van der Waals surface area contributed by atoms with Crippen LogP contribution < -0.4 is 10.5 Å². The molecule has 1 aromatic heterocycles. The maximum Gasteiger partial charge on any atom is 0.244 e. The summed E-state index contributed by atoms with van der Waals surface area (Å²) in [4.78, 5) is 4.45. The Morgan fingerprint density at radius 1 is 1.05 bits per heavy atom. The lowest BCUT2D eigenvalue weighted by Crippen LogP contribution is -2.60. The SMILES string of the molecule is CC1(CCOCc2ccccc2)CCN1S(=O)(=O)c1ccc(NCCCCS(N)(=O)=O)c2cnccc12. The molecule has 2 aromatic carbocycles. The molecule has 1 aliphatic heterocycles. The van der Waals surface area contributed by atoms with Gasteiger partial charge in [0, 0.05) is 54.1 Å². The number of unbranched alkanes of at least 4 members (excludes halogenated alkanes) is 1. The molecule has 11 heteroatoms. The molecule has 3 N–H and O–H groups in total. The molecule has 0 bridgehead atoms. The third-order valence-corrected chi connectivity index (χ3v) is 9.84. The Kier molecular flexibility index (Phi) is 8.49. The summed E-state index contributed by atoms with van der Waals surface area (Å²) >= 11 is 0. The first-order valence-electron chi connectivity index (χ1n) is 12.4. The smallest absolute Gasteiger partial charge is 0.244 e. The second-order valence-electron chi connectivity index (χ2n) is 9.65. The number of ether oxygens (including phenoxy) is 1. The van der Waals surface area contributed by atoms with Gasteiger partial charge in [0.2, 0.25) is 20.0 Å². The van der Waals surface area contributed by atoms with Crippen molar-refractivity contribution in [3.05, 3.63) is 66.5 Å². The van der Waals surface area contributed by atoms with E-state index in [0.29, 0.717) is 56.3 Å². The standard InChI is InChI=1S/C26H34N4O5S2/c1-26(13-17-35-20-21-7-3-2-4-8-21)12-16-30(26)37(33,34)25-10-9-24(23-19-28-15-11-22(23)25)29-14-5-6-18-36(27,31)32/h2-4,7-11,15,19,29H,5-6,12-14,16-18,20H2,1H3,(H2,27,31,32). The molecule has 1 aliphatic rings. The Balaban J connectivity index is 1.44. The molecule has 0 amide bonds. The number of benzene rings is 2. The zero-order chi connectivity index (χ0) is 26.5. The van der Waals surface area contributed by atoms with Gasteiger partial charge in [0.05, 0.1) is 17.3 Å². The lowest BCUT2D eigenvalue weighted by Gasteiger charge is -2.49. The van der Waals surface area contributed by atoms with E-state index >= 15 is 0 Å². The van der Waals surface area contributed by atoms with Crippen molar-refractivity contribution in [1.29, 1.82) is 0 Å². The molecular formula is C26H34N4O5S2. The minimum absolute atomic E-state index is 0.0694. The van der Waals surface area contributed by atoms with Crippen LogP contribution in [0.4, 0.5) is 5.69 Å². The van der Waals surface area contributed by atoms with Crippen LogP contribution in [0.15, 0.2) is 65.8 Å². The number of anilines is 1. The average molecular weight is 547 g/mol. The summed E-state index contributed by atoms with van der Waals surface area (Å²) in [6.45, 7) is 3.93. The van der Waals surface area contributed by atoms with Crippen molar-refractivity contribution in [3.8, 4) is 0 Å². The van der Waals surface area contributed by atoms with Gasteiger partial charge in [-0.1, -0.05) is 30.3 Å². The molecule has 37 heavy (non-hydrogen) atoms. The van der Waals surface area contributed by atoms with E-state index in [0.717, 1.165) is 17.7 Å². The molecule has 9 nitrogen and oxygen atoms in total. The number of rotatable bonds is 13. The van der Waals surface area contributed by atoms with Crippen LogP contribution in [0.1, 0.15) is 38.2 Å². The van der Waals surface area contributed by atoms with E-state index in [1.165, 1.54) is 0 Å². The Hall–Kier alpha value is -2.57. The largest absolute Gasteiger partial charge is 0.384 e. The molecule has 1 saturated heterocycles. The monoisotopic (exact) mass is 546 g/mol. The zero-order valence-corrected chi connectivity index (χ0v) is 22.6. The van der Waals surface area contributed by atoms with Gasteiger partial charge in [-0.15, -0.1) is 0 Å². The van der Waals surface area contributed by atoms with Crippen LogP contribution in [0.3, 0.4) is 0 Å². The Labute approximate surface area is 219 Å². The first-order valence-corrected chi connectivity index (χ1v) is 15.5. The summed E-state index contributed by atoms with van der Waals surface area (Å²) in [5.41, 5.74) is 1.33. The van der Waals surface area contributed by atoms with Crippen LogP contribution in [0.2, 0.25) is 0 Å². The summed E-state index contributed by atoms with van der Waals surface area (Å²) in [7, 11) is -7.22. The highest BCUT2D eigenvalue weighted by Gasteiger charge is 2.48. The van der Waals surface area contributed by atoms with Gasteiger partial charge in [-0.25, -0.2) is 22.0 Å². The van der Waals surface area contributed by atoms with E-state index in [1.807, 2.05) is 37.3 Å². The molecular weight excluding hydrogens is 512 g/mol. The van der Waals surface area contributed by atoms with Crippen LogP contribution in [0.5, 0.6) is 0 Å². The highest BCUT2D eigenvalue weighted by Crippen LogP contribution is 2.41. The van der Waals surface area contributed by atoms with Crippen molar-refractivity contribution in [2.45, 2.75) is 49.6 Å². The van der Waals surface area contributed by atoms with Crippen LogP contribution in [-0.4, -0.2) is 57.1 Å². The Bertz CT molecular complexity index is 1430. The predicted molar refractivity (Wildman–Crippen MR) is 145 cm³/mol. The van der Waals surface area contributed by atoms with E-state index in [2.05, 4.69) is 10.3 Å². The third kappa shape index (κ3) is 6.66. The molecule has 200 valence electrons. The number of fused-ring (bicyclic) bond motifs is 1. The minimum Gasteiger partial charge on any atom is -0.384 e. The predicted octanol–water partition coefficient (Wildman–Crippen LogP) is 3.48. The summed E-state index contributed by atoms with van der Waals surface area (Å²) in [6.07, 6.45) is 5.67. The van der Waals surface area contributed by atoms with Crippen molar-refractivity contribution in [2.24, 2.45) is 5.14 Å². The first-order chi connectivity index (χ1) is 17.6. The van der Waals surface area contributed by atoms with Gasteiger partial charge < -0.3 is 10.1 Å². The van der Waals surface area contributed by atoms with E-state index in [9.17, 15) is 16.8 Å². The Morgan fingerprint density at radius 3 is 2.54 bits per heavy atom. The zero-order valence-electron chi connectivity index (χ0n) is 21.0. The van der Waals surface area contributed by atoms with Crippen molar-refractivity contribution >= 4 is 36.5 Å². The summed E-state index contributed by atoms with van der Waals surface area (Å²) in [5, 5.41) is 9.62. The quantitative estimate of drug-likeness (QED) is 0.314.